The average molecular weight is 371 g/mol. The van der Waals surface area contributed by atoms with E-state index in [2.05, 4.69) is 15.6 Å². The van der Waals surface area contributed by atoms with Crippen molar-refractivity contribution >= 4 is 39.6 Å². The first-order valence-corrected chi connectivity index (χ1v) is 9.52. The van der Waals surface area contributed by atoms with Crippen LogP contribution in [-0.4, -0.2) is 16.8 Å². The number of aromatic nitrogens is 1. The van der Waals surface area contributed by atoms with Gasteiger partial charge in [-0.25, -0.2) is 4.98 Å². The summed E-state index contributed by atoms with van der Waals surface area (Å²) in [6.07, 6.45) is 0.357. The number of anilines is 1. The molecule has 3 aromatic rings. The highest BCUT2D eigenvalue weighted by Crippen LogP contribution is 2.25. The lowest BCUT2D eigenvalue weighted by molar-refractivity contribution is -0.119. The Kier molecular flexibility index (Phi) is 5.57. The van der Waals surface area contributed by atoms with Crippen LogP contribution in [0.5, 0.6) is 0 Å². The molecule has 2 N–H and O–H groups in total. The third kappa shape index (κ3) is 4.98. The number of rotatable bonds is 6. The van der Waals surface area contributed by atoms with Crippen LogP contribution in [0.2, 0.25) is 0 Å². The van der Waals surface area contributed by atoms with E-state index in [1.807, 2.05) is 46.5 Å². The highest BCUT2D eigenvalue weighted by Gasteiger charge is 2.09. The van der Waals surface area contributed by atoms with Crippen molar-refractivity contribution in [1.29, 1.82) is 0 Å². The molecule has 7 heteroatoms. The van der Waals surface area contributed by atoms with Crippen LogP contribution in [0.1, 0.15) is 18.1 Å². The average Bonchev–Trinajstić information content (AvgIpc) is 3.25. The Hall–Kier alpha value is -2.51. The van der Waals surface area contributed by atoms with E-state index in [-0.39, 0.29) is 11.8 Å². The highest BCUT2D eigenvalue weighted by atomic mass is 32.1. The highest BCUT2D eigenvalue weighted by molar-refractivity contribution is 7.14. The maximum Gasteiger partial charge on any atom is 0.230 e. The van der Waals surface area contributed by atoms with E-state index in [1.165, 1.54) is 18.3 Å². The van der Waals surface area contributed by atoms with Gasteiger partial charge in [0.25, 0.3) is 0 Å². The quantitative estimate of drug-likeness (QED) is 0.694. The fourth-order valence-electron chi connectivity index (χ4n) is 2.23. The van der Waals surface area contributed by atoms with E-state index in [4.69, 9.17) is 0 Å². The molecule has 0 aliphatic heterocycles. The number of carbonyl (C=O) groups excluding carboxylic acids is 2. The van der Waals surface area contributed by atoms with Gasteiger partial charge in [-0.3, -0.25) is 9.59 Å². The predicted octanol–water partition coefficient (Wildman–Crippen LogP) is 3.69. The van der Waals surface area contributed by atoms with Crippen LogP contribution in [0, 0.1) is 0 Å². The number of amides is 2. The van der Waals surface area contributed by atoms with Crippen LogP contribution in [0.15, 0.2) is 46.5 Å². The van der Waals surface area contributed by atoms with Crippen LogP contribution in [0.25, 0.3) is 11.3 Å². The molecule has 2 aromatic heterocycles. The smallest absolute Gasteiger partial charge is 0.230 e. The molecule has 0 spiro atoms. The summed E-state index contributed by atoms with van der Waals surface area (Å²) in [5.41, 5.74) is 3.83. The predicted molar refractivity (Wildman–Crippen MR) is 102 cm³/mol. The molecule has 0 fully saturated rings. The van der Waals surface area contributed by atoms with E-state index >= 15 is 0 Å². The first kappa shape index (κ1) is 17.3. The summed E-state index contributed by atoms with van der Waals surface area (Å²) in [6.45, 7) is 2.01. The zero-order valence-electron chi connectivity index (χ0n) is 13.6. The molecule has 2 amide bonds. The van der Waals surface area contributed by atoms with Crippen LogP contribution in [0.3, 0.4) is 0 Å². The zero-order chi connectivity index (χ0) is 17.6. The Morgan fingerprint density at radius 1 is 1.08 bits per heavy atom. The van der Waals surface area contributed by atoms with Gasteiger partial charge in [-0.15, -0.1) is 11.3 Å². The largest absolute Gasteiger partial charge is 0.352 e. The van der Waals surface area contributed by atoms with Gasteiger partial charge in [-0.05, 0) is 28.0 Å². The second-order valence-electron chi connectivity index (χ2n) is 5.50. The summed E-state index contributed by atoms with van der Waals surface area (Å²) in [5, 5.41) is 12.0. The van der Waals surface area contributed by atoms with Crippen molar-refractivity contribution in [3.8, 4) is 11.3 Å². The van der Waals surface area contributed by atoms with Gasteiger partial charge in [0, 0.05) is 24.4 Å². The molecular formula is C18H17N3O2S2. The van der Waals surface area contributed by atoms with Gasteiger partial charge in [-0.2, -0.15) is 11.3 Å². The summed E-state index contributed by atoms with van der Waals surface area (Å²) in [6, 6.07) is 9.78. The van der Waals surface area contributed by atoms with Gasteiger partial charge in [0.15, 0.2) is 5.13 Å². The van der Waals surface area contributed by atoms with Gasteiger partial charge in [0.1, 0.15) is 0 Å². The summed E-state index contributed by atoms with van der Waals surface area (Å²) in [4.78, 5) is 27.4. The maximum absolute atomic E-state index is 12.0. The van der Waals surface area contributed by atoms with Crippen LogP contribution in [0.4, 0.5) is 5.13 Å². The number of benzene rings is 1. The van der Waals surface area contributed by atoms with E-state index < -0.39 is 0 Å². The molecule has 0 saturated carbocycles. The molecule has 5 nitrogen and oxygen atoms in total. The Balaban J connectivity index is 1.60. The molecule has 0 unspecified atom stereocenters. The first-order chi connectivity index (χ1) is 12.1. The molecule has 0 atom stereocenters. The third-order valence-corrected chi connectivity index (χ3v) is 4.98. The summed E-state index contributed by atoms with van der Waals surface area (Å²) < 4.78 is 0. The minimum atomic E-state index is -0.0649. The van der Waals surface area contributed by atoms with Crippen molar-refractivity contribution in [2.75, 3.05) is 5.32 Å². The van der Waals surface area contributed by atoms with Crippen LogP contribution < -0.4 is 10.6 Å². The number of nitrogens with zero attached hydrogens (tertiary/aromatic N) is 1. The Bertz CT molecular complexity index is 855. The van der Waals surface area contributed by atoms with Gasteiger partial charge >= 0.3 is 0 Å². The molecule has 128 valence electrons. The number of hydrogen-bond donors (Lipinski definition) is 2. The second kappa shape index (κ2) is 8.04. The van der Waals surface area contributed by atoms with Crippen molar-refractivity contribution in [3.63, 3.8) is 0 Å². The Morgan fingerprint density at radius 3 is 2.56 bits per heavy atom. The lowest BCUT2D eigenvalue weighted by Gasteiger charge is -2.03. The van der Waals surface area contributed by atoms with Crippen molar-refractivity contribution in [3.05, 3.63) is 57.6 Å². The second-order valence-corrected chi connectivity index (χ2v) is 7.14. The SMILES string of the molecule is CC(=O)NCc1ccc(-c2csc(NC(=O)Cc3ccsc3)n2)cc1. The monoisotopic (exact) mass is 371 g/mol. The molecule has 0 saturated heterocycles. The molecule has 0 aliphatic rings. The molecule has 0 radical (unpaired) electrons. The van der Waals surface area contributed by atoms with Gasteiger partial charge in [0.05, 0.1) is 12.1 Å². The molecule has 2 heterocycles. The van der Waals surface area contributed by atoms with Crippen LogP contribution in [-0.2, 0) is 22.6 Å². The lowest BCUT2D eigenvalue weighted by Crippen LogP contribution is -2.18. The minimum absolute atomic E-state index is 0.0496. The number of nitrogens with one attached hydrogen (secondary N) is 2. The van der Waals surface area contributed by atoms with Crippen molar-refractivity contribution in [2.24, 2.45) is 0 Å². The molecule has 25 heavy (non-hydrogen) atoms. The van der Waals surface area contributed by atoms with E-state index in [0.717, 1.165) is 22.4 Å². The van der Waals surface area contributed by atoms with Gasteiger partial charge < -0.3 is 10.6 Å². The lowest BCUT2D eigenvalue weighted by atomic mass is 10.1. The maximum atomic E-state index is 12.0. The van der Waals surface area contributed by atoms with Crippen molar-refractivity contribution in [1.82, 2.24) is 10.3 Å². The number of hydrogen-bond acceptors (Lipinski definition) is 5. The molecule has 1 aromatic carbocycles. The molecule has 3 rings (SSSR count). The fourth-order valence-corrected chi connectivity index (χ4v) is 3.63. The van der Waals surface area contributed by atoms with E-state index in [1.54, 1.807) is 11.3 Å². The Labute approximate surface area is 153 Å². The van der Waals surface area contributed by atoms with E-state index in [9.17, 15) is 9.59 Å². The van der Waals surface area contributed by atoms with Crippen molar-refractivity contribution in [2.45, 2.75) is 19.9 Å². The summed E-state index contributed by atoms with van der Waals surface area (Å²) in [5.74, 6) is -0.114. The zero-order valence-corrected chi connectivity index (χ0v) is 15.2. The third-order valence-electron chi connectivity index (χ3n) is 3.49. The summed E-state index contributed by atoms with van der Waals surface area (Å²) >= 11 is 2.99. The minimum Gasteiger partial charge on any atom is -0.352 e. The molecular weight excluding hydrogens is 354 g/mol. The van der Waals surface area contributed by atoms with Crippen molar-refractivity contribution < 1.29 is 9.59 Å². The number of thiazole rings is 1. The fraction of sp³-hybridized carbons (Fsp3) is 0.167. The number of carbonyl (C=O) groups is 2. The standard InChI is InChI=1S/C18H17N3O2S2/c1-12(22)19-9-13-2-4-15(5-3-13)16-11-25-18(20-16)21-17(23)8-14-6-7-24-10-14/h2-7,10-11H,8-9H2,1H3,(H,19,22)(H,20,21,23). The Morgan fingerprint density at radius 2 is 1.88 bits per heavy atom. The van der Waals surface area contributed by atoms with Crippen LogP contribution >= 0.6 is 22.7 Å². The first-order valence-electron chi connectivity index (χ1n) is 7.70. The van der Waals surface area contributed by atoms with Gasteiger partial charge in [0.2, 0.25) is 11.8 Å². The number of thiophene rings is 1. The van der Waals surface area contributed by atoms with Gasteiger partial charge in [-0.1, -0.05) is 24.3 Å². The normalized spacial score (nSPS) is 10.4. The molecule has 0 aliphatic carbocycles. The molecule has 0 bridgehead atoms. The van der Waals surface area contributed by atoms with E-state index in [0.29, 0.717) is 18.1 Å². The summed E-state index contributed by atoms with van der Waals surface area (Å²) in [7, 11) is 0. The topological polar surface area (TPSA) is 71.1 Å².